The average molecular weight is 342 g/mol. The van der Waals surface area contributed by atoms with Gasteiger partial charge in [0.05, 0.1) is 6.10 Å². The van der Waals surface area contributed by atoms with E-state index in [4.69, 9.17) is 4.74 Å². The molecule has 5 heteroatoms. The van der Waals surface area contributed by atoms with E-state index in [1.165, 1.54) is 6.92 Å². The van der Waals surface area contributed by atoms with Crippen molar-refractivity contribution >= 4 is 23.6 Å². The Morgan fingerprint density at radius 1 is 1.28 bits per heavy atom. The second-order valence-corrected chi connectivity index (χ2v) is 7.60. The molecule has 5 nitrogen and oxygen atoms in total. The first-order valence-electron chi connectivity index (χ1n) is 8.75. The van der Waals surface area contributed by atoms with E-state index in [1.54, 1.807) is 6.08 Å². The molecular formula is C20H26N2O3. The third kappa shape index (κ3) is 3.33. The van der Waals surface area contributed by atoms with Crippen molar-refractivity contribution in [3.05, 3.63) is 35.9 Å². The molecule has 2 aliphatic rings. The fraction of sp³-hybridized carbons (Fsp3) is 0.500. The number of hydrogen-bond donors (Lipinski definition) is 1. The van der Waals surface area contributed by atoms with Crippen molar-refractivity contribution in [1.29, 1.82) is 0 Å². The van der Waals surface area contributed by atoms with E-state index >= 15 is 0 Å². The summed E-state index contributed by atoms with van der Waals surface area (Å²) in [6.07, 6.45) is 4.74. The second kappa shape index (κ2) is 6.64. The summed E-state index contributed by atoms with van der Waals surface area (Å²) in [5.41, 5.74) is 1.67. The van der Waals surface area contributed by atoms with Gasteiger partial charge in [-0.05, 0) is 30.2 Å². The Morgan fingerprint density at radius 2 is 1.96 bits per heavy atom. The summed E-state index contributed by atoms with van der Waals surface area (Å²) in [5.74, 6) is 0.362. The third-order valence-electron chi connectivity index (χ3n) is 5.45. The van der Waals surface area contributed by atoms with Crippen LogP contribution in [0.3, 0.4) is 0 Å². The molecule has 1 aliphatic heterocycles. The van der Waals surface area contributed by atoms with Gasteiger partial charge in [0.1, 0.15) is 0 Å². The zero-order valence-electron chi connectivity index (χ0n) is 15.3. The molecule has 0 unspecified atom stereocenters. The van der Waals surface area contributed by atoms with Gasteiger partial charge in [0.25, 0.3) is 0 Å². The predicted octanol–water partition coefficient (Wildman–Crippen LogP) is 2.93. The first-order chi connectivity index (χ1) is 11.8. The maximum absolute atomic E-state index is 12.6. The molecule has 1 heterocycles. The highest BCUT2D eigenvalue weighted by molar-refractivity contribution is 5.92. The molecule has 0 radical (unpaired) electrons. The van der Waals surface area contributed by atoms with Crippen LogP contribution in [0.5, 0.6) is 0 Å². The zero-order valence-corrected chi connectivity index (χ0v) is 15.3. The Hall–Kier alpha value is -2.14. The van der Waals surface area contributed by atoms with Gasteiger partial charge >= 0.3 is 0 Å². The maximum atomic E-state index is 12.6. The van der Waals surface area contributed by atoms with E-state index in [-0.39, 0.29) is 29.4 Å². The van der Waals surface area contributed by atoms with Gasteiger partial charge < -0.3 is 15.0 Å². The third-order valence-corrected chi connectivity index (χ3v) is 5.45. The molecule has 1 saturated carbocycles. The Kier molecular flexibility index (Phi) is 4.69. The van der Waals surface area contributed by atoms with Gasteiger partial charge in [0.15, 0.2) is 0 Å². The second-order valence-electron chi connectivity index (χ2n) is 7.60. The molecule has 1 saturated heterocycles. The Balaban J connectivity index is 1.63. The molecule has 1 aromatic carbocycles. The lowest BCUT2D eigenvalue weighted by atomic mass is 9.57. The summed E-state index contributed by atoms with van der Waals surface area (Å²) in [6.45, 7) is 6.63. The van der Waals surface area contributed by atoms with Gasteiger partial charge in [0.2, 0.25) is 11.8 Å². The number of anilines is 1. The standard InChI is InChI=1S/C20H26N2O3/c1-13(23)21-15-8-5-14(6-9-15)7-10-17(24)22(4)18-16-11-12-25-19(16)20(18,2)3/h5-10,16,18-19H,11-12H2,1-4H3,(H,21,23)/b10-7+/t16-,18+,19+/m0/s1. The van der Waals surface area contributed by atoms with Crippen LogP contribution in [-0.2, 0) is 14.3 Å². The molecule has 2 amide bonds. The van der Waals surface area contributed by atoms with Gasteiger partial charge in [-0.1, -0.05) is 26.0 Å². The largest absolute Gasteiger partial charge is 0.377 e. The van der Waals surface area contributed by atoms with Crippen LogP contribution in [0.25, 0.3) is 6.08 Å². The van der Waals surface area contributed by atoms with Crippen molar-refractivity contribution in [2.75, 3.05) is 19.0 Å². The lowest BCUT2D eigenvalue weighted by molar-refractivity contribution is -0.163. The van der Waals surface area contributed by atoms with Gasteiger partial charge in [-0.2, -0.15) is 0 Å². The summed E-state index contributed by atoms with van der Waals surface area (Å²) in [5, 5.41) is 2.73. The van der Waals surface area contributed by atoms with E-state index in [2.05, 4.69) is 19.2 Å². The normalized spacial score (nSPS) is 26.8. The van der Waals surface area contributed by atoms with Crippen LogP contribution in [0.2, 0.25) is 0 Å². The van der Waals surface area contributed by atoms with Gasteiger partial charge in [0, 0.05) is 49.7 Å². The Labute approximate surface area is 149 Å². The number of likely N-dealkylation sites (N-methyl/N-ethyl adjacent to an activating group) is 1. The Morgan fingerprint density at radius 3 is 2.60 bits per heavy atom. The van der Waals surface area contributed by atoms with Gasteiger partial charge in [-0.15, -0.1) is 0 Å². The molecule has 1 N–H and O–H groups in total. The summed E-state index contributed by atoms with van der Waals surface area (Å²) in [6, 6.07) is 7.63. The van der Waals surface area contributed by atoms with Crippen LogP contribution in [0.1, 0.15) is 32.8 Å². The topological polar surface area (TPSA) is 58.6 Å². The summed E-state index contributed by atoms with van der Waals surface area (Å²) < 4.78 is 5.81. The minimum Gasteiger partial charge on any atom is -0.377 e. The van der Waals surface area contributed by atoms with Crippen molar-refractivity contribution in [1.82, 2.24) is 4.90 Å². The molecule has 134 valence electrons. The molecule has 0 bridgehead atoms. The highest BCUT2D eigenvalue weighted by atomic mass is 16.5. The predicted molar refractivity (Wildman–Crippen MR) is 98.0 cm³/mol. The number of amides is 2. The molecule has 3 atom stereocenters. The SMILES string of the molecule is CC(=O)Nc1ccc(/C=C/C(=O)N(C)[C@@H]2[C@@H]3CCO[C@H]3C2(C)C)cc1. The minimum absolute atomic E-state index is 0.000571. The van der Waals surface area contributed by atoms with Crippen LogP contribution in [0.15, 0.2) is 30.3 Å². The summed E-state index contributed by atoms with van der Waals surface area (Å²) >= 11 is 0. The van der Waals surface area contributed by atoms with Crippen LogP contribution in [0, 0.1) is 11.3 Å². The minimum atomic E-state index is -0.0996. The van der Waals surface area contributed by atoms with Crippen molar-refractivity contribution in [2.45, 2.75) is 39.3 Å². The lowest BCUT2D eigenvalue weighted by Crippen LogP contribution is -2.66. The molecule has 2 fully saturated rings. The fourth-order valence-corrected chi connectivity index (χ4v) is 4.39. The van der Waals surface area contributed by atoms with E-state index in [9.17, 15) is 9.59 Å². The number of nitrogens with zero attached hydrogens (tertiary/aromatic N) is 1. The maximum Gasteiger partial charge on any atom is 0.246 e. The van der Waals surface area contributed by atoms with E-state index in [1.807, 2.05) is 42.3 Å². The first-order valence-corrected chi connectivity index (χ1v) is 8.75. The highest BCUT2D eigenvalue weighted by Crippen LogP contribution is 2.54. The Bertz CT molecular complexity index is 693. The van der Waals surface area contributed by atoms with E-state index in [0.29, 0.717) is 5.92 Å². The van der Waals surface area contributed by atoms with Crippen molar-refractivity contribution < 1.29 is 14.3 Å². The fourth-order valence-electron chi connectivity index (χ4n) is 4.39. The van der Waals surface area contributed by atoms with Crippen molar-refractivity contribution in [2.24, 2.45) is 11.3 Å². The van der Waals surface area contributed by atoms with Crippen LogP contribution in [0.4, 0.5) is 5.69 Å². The number of hydrogen-bond acceptors (Lipinski definition) is 3. The van der Waals surface area contributed by atoms with Crippen LogP contribution in [-0.4, -0.2) is 42.5 Å². The average Bonchev–Trinajstić information content (AvgIpc) is 2.99. The molecule has 1 aromatic rings. The zero-order chi connectivity index (χ0) is 18.2. The van der Waals surface area contributed by atoms with Crippen molar-refractivity contribution in [3.63, 3.8) is 0 Å². The first kappa shape index (κ1) is 17.7. The molecule has 0 aromatic heterocycles. The molecule has 0 spiro atoms. The number of rotatable bonds is 4. The lowest BCUT2D eigenvalue weighted by Gasteiger charge is -2.57. The number of fused-ring (bicyclic) bond motifs is 1. The van der Waals surface area contributed by atoms with Crippen LogP contribution >= 0.6 is 0 Å². The molecule has 3 rings (SSSR count). The van der Waals surface area contributed by atoms with E-state index in [0.717, 1.165) is 24.3 Å². The summed E-state index contributed by atoms with van der Waals surface area (Å²) in [4.78, 5) is 25.5. The van der Waals surface area contributed by atoms with Crippen molar-refractivity contribution in [3.8, 4) is 0 Å². The number of carbonyl (C=O) groups is 2. The van der Waals surface area contributed by atoms with E-state index < -0.39 is 0 Å². The quantitative estimate of drug-likeness (QED) is 0.856. The smallest absolute Gasteiger partial charge is 0.246 e. The van der Waals surface area contributed by atoms with Gasteiger partial charge in [-0.3, -0.25) is 9.59 Å². The molecular weight excluding hydrogens is 316 g/mol. The number of nitrogens with one attached hydrogen (secondary N) is 1. The number of benzene rings is 1. The number of carbonyl (C=O) groups excluding carboxylic acids is 2. The summed E-state index contributed by atoms with van der Waals surface area (Å²) in [7, 11) is 1.88. The molecule has 1 aliphatic carbocycles. The monoisotopic (exact) mass is 342 g/mol. The highest BCUT2D eigenvalue weighted by Gasteiger charge is 2.61. The van der Waals surface area contributed by atoms with Crippen LogP contribution < -0.4 is 5.32 Å². The molecule has 25 heavy (non-hydrogen) atoms. The van der Waals surface area contributed by atoms with Gasteiger partial charge in [-0.25, -0.2) is 0 Å². The number of ether oxygens (including phenoxy) is 1.